The Kier molecular flexibility index (Phi) is 8.72. The molecule has 0 saturated carbocycles. The lowest BCUT2D eigenvalue weighted by Crippen LogP contribution is -2.68. The second kappa shape index (κ2) is 8.37. The molecule has 2 N–H and O–H groups in total. The fourth-order valence-corrected chi connectivity index (χ4v) is 1.68. The molecular formula is C10H12F13NO3S. The molecule has 0 aliphatic carbocycles. The highest BCUT2D eigenvalue weighted by atomic mass is 32.2. The quantitative estimate of drug-likeness (QED) is 0.430. The summed E-state index contributed by atoms with van der Waals surface area (Å²) in [6.07, 6.45) is -11.7. The first-order valence-electron chi connectivity index (χ1n) is 6.38. The number of halogens is 13. The highest BCUT2D eigenvalue weighted by Gasteiger charge is 2.88. The third-order valence-electron chi connectivity index (χ3n) is 2.66. The second-order valence-electron chi connectivity index (χ2n) is 5.03. The van der Waals surface area contributed by atoms with E-state index in [9.17, 15) is 65.5 Å². The van der Waals surface area contributed by atoms with Gasteiger partial charge >= 0.3 is 45.2 Å². The molecular weight excluding hydrogens is 461 g/mol. The summed E-state index contributed by atoms with van der Waals surface area (Å²) < 4.78 is 192. The van der Waals surface area contributed by atoms with Crippen molar-refractivity contribution >= 4 is 10.1 Å². The van der Waals surface area contributed by atoms with E-state index in [4.69, 9.17) is 4.55 Å². The van der Waals surface area contributed by atoms with E-state index in [1.54, 1.807) is 0 Å². The molecule has 18 heteroatoms. The number of nitrogens with one attached hydrogen (secondary N) is 1. The summed E-state index contributed by atoms with van der Waals surface area (Å²) in [5.41, 5.74) is 0. The van der Waals surface area contributed by atoms with Crippen molar-refractivity contribution < 1.29 is 70.0 Å². The Labute approximate surface area is 148 Å². The molecule has 0 aromatic carbocycles. The maximum atomic E-state index is 13.0. The molecule has 0 saturated heterocycles. The van der Waals surface area contributed by atoms with Gasteiger partial charge in [-0.2, -0.15) is 65.5 Å². The average Bonchev–Trinajstić information content (AvgIpc) is 2.43. The average molecular weight is 473 g/mol. The fraction of sp³-hybridized carbons (Fsp3) is 1.00. The van der Waals surface area contributed by atoms with Crippen molar-refractivity contribution in [1.29, 1.82) is 0 Å². The molecule has 0 atom stereocenters. The highest BCUT2D eigenvalue weighted by molar-refractivity contribution is 7.87. The summed E-state index contributed by atoms with van der Waals surface area (Å²) in [7, 11) is -3.76. The molecule has 0 amide bonds. The van der Waals surface area contributed by atoms with Crippen LogP contribution in [0.3, 0.4) is 0 Å². The lowest BCUT2D eigenvalue weighted by atomic mass is 9.95. The highest BCUT2D eigenvalue weighted by Crippen LogP contribution is 2.59. The van der Waals surface area contributed by atoms with Crippen molar-refractivity contribution in [3.63, 3.8) is 0 Å². The predicted molar refractivity (Wildman–Crippen MR) is 66.6 cm³/mol. The molecule has 172 valence electrons. The molecule has 0 aliphatic rings. The Morgan fingerprint density at radius 1 is 0.679 bits per heavy atom. The van der Waals surface area contributed by atoms with Crippen LogP contribution >= 0.6 is 0 Å². The van der Waals surface area contributed by atoms with Gasteiger partial charge in [0.2, 0.25) is 0 Å². The smallest absolute Gasteiger partial charge is 0.323 e. The molecule has 0 unspecified atom stereocenters. The van der Waals surface area contributed by atoms with Crippen LogP contribution in [0.2, 0.25) is 0 Å². The molecule has 0 rings (SSSR count). The SMILES string of the molecule is CNC.O=S(=O)(O)C(F)(F)C(F)(F)C(F)(F)C(F)(F)C(F)(F)CCC(F)(F)F. The molecule has 4 nitrogen and oxygen atoms in total. The Balaban J connectivity index is 0. The van der Waals surface area contributed by atoms with Crippen LogP contribution in [0.25, 0.3) is 0 Å². The van der Waals surface area contributed by atoms with E-state index in [0.717, 1.165) is 0 Å². The third-order valence-corrected chi connectivity index (χ3v) is 3.56. The Morgan fingerprint density at radius 2 is 1.00 bits per heavy atom. The molecule has 0 heterocycles. The van der Waals surface area contributed by atoms with E-state index in [0.29, 0.717) is 0 Å². The molecule has 0 aromatic heterocycles. The lowest BCUT2D eigenvalue weighted by molar-refractivity contribution is -0.391. The number of hydrogen-bond donors (Lipinski definition) is 2. The van der Waals surface area contributed by atoms with Crippen molar-refractivity contribution in [3.05, 3.63) is 0 Å². The molecule has 28 heavy (non-hydrogen) atoms. The van der Waals surface area contributed by atoms with Gasteiger partial charge in [0.05, 0.1) is 0 Å². The van der Waals surface area contributed by atoms with E-state index in [-0.39, 0.29) is 0 Å². The topological polar surface area (TPSA) is 66.4 Å². The molecule has 0 aliphatic heterocycles. The summed E-state index contributed by atoms with van der Waals surface area (Å²) in [6.45, 7) is 0. The van der Waals surface area contributed by atoms with Gasteiger partial charge in [-0.3, -0.25) is 4.55 Å². The fourth-order valence-electron chi connectivity index (χ4n) is 1.23. The van der Waals surface area contributed by atoms with Gasteiger partial charge in [-0.15, -0.1) is 0 Å². The van der Waals surface area contributed by atoms with Crippen LogP contribution in [0.15, 0.2) is 0 Å². The Hall–Kier alpha value is -1.04. The van der Waals surface area contributed by atoms with E-state index in [1.807, 2.05) is 14.1 Å². The predicted octanol–water partition coefficient (Wildman–Crippen LogP) is 4.19. The maximum Gasteiger partial charge on any atom is 0.438 e. The number of alkyl halides is 13. The van der Waals surface area contributed by atoms with Crippen LogP contribution in [0, 0.1) is 0 Å². The first-order valence-corrected chi connectivity index (χ1v) is 7.82. The molecule has 0 spiro atoms. The zero-order valence-corrected chi connectivity index (χ0v) is 14.3. The maximum absolute atomic E-state index is 13.0. The number of rotatable bonds is 7. The van der Waals surface area contributed by atoms with Gasteiger partial charge in [-0.1, -0.05) is 0 Å². The first-order chi connectivity index (χ1) is 11.9. The van der Waals surface area contributed by atoms with Gasteiger partial charge < -0.3 is 5.32 Å². The Bertz CT molecular complexity index is 615. The van der Waals surface area contributed by atoms with Crippen LogP contribution < -0.4 is 5.32 Å². The zero-order chi connectivity index (χ0) is 23.6. The van der Waals surface area contributed by atoms with Gasteiger partial charge in [-0.05, 0) is 14.1 Å². The van der Waals surface area contributed by atoms with Gasteiger partial charge in [0.25, 0.3) is 0 Å². The zero-order valence-electron chi connectivity index (χ0n) is 13.5. The van der Waals surface area contributed by atoms with Crippen molar-refractivity contribution in [2.24, 2.45) is 0 Å². The van der Waals surface area contributed by atoms with Gasteiger partial charge in [0.15, 0.2) is 0 Å². The van der Waals surface area contributed by atoms with Crippen molar-refractivity contribution in [1.82, 2.24) is 5.32 Å². The van der Waals surface area contributed by atoms with Gasteiger partial charge in [0, 0.05) is 12.8 Å². The summed E-state index contributed by atoms with van der Waals surface area (Å²) in [5, 5.41) is -4.62. The standard InChI is InChI=1S/C8H5F13O3S.C2H7N/c9-3(10,1-2-4(11,12)13)5(14,15)6(16,17)7(18,19)8(20,21)25(22,23)24;1-3-2/h1-2H2,(H,22,23,24);3H,1-2H3. The van der Waals surface area contributed by atoms with Crippen LogP contribution in [0.5, 0.6) is 0 Å². The summed E-state index contributed by atoms with van der Waals surface area (Å²) in [4.78, 5) is 0. The van der Waals surface area contributed by atoms with Crippen molar-refractivity contribution in [2.75, 3.05) is 14.1 Å². The van der Waals surface area contributed by atoms with E-state index >= 15 is 0 Å². The summed E-state index contributed by atoms with van der Waals surface area (Å²) >= 11 is 0. The lowest BCUT2D eigenvalue weighted by Gasteiger charge is -2.38. The van der Waals surface area contributed by atoms with Crippen LogP contribution in [-0.2, 0) is 10.1 Å². The summed E-state index contributed by atoms with van der Waals surface area (Å²) in [5.74, 6) is -29.9. The Morgan fingerprint density at radius 3 is 1.25 bits per heavy atom. The minimum atomic E-state index is -7.88. The van der Waals surface area contributed by atoms with Crippen molar-refractivity contribution in [2.45, 2.75) is 48.0 Å². The molecule has 0 aromatic rings. The van der Waals surface area contributed by atoms with Gasteiger partial charge in [-0.25, -0.2) is 0 Å². The third kappa shape index (κ3) is 5.52. The normalized spacial score (nSPS) is 15.1. The first kappa shape index (κ1) is 29.2. The van der Waals surface area contributed by atoms with Crippen LogP contribution in [0.4, 0.5) is 57.1 Å². The van der Waals surface area contributed by atoms with E-state index < -0.39 is 58.1 Å². The minimum absolute atomic E-state index is 1.88. The summed E-state index contributed by atoms with van der Waals surface area (Å²) in [6, 6.07) is 0. The van der Waals surface area contributed by atoms with Crippen molar-refractivity contribution in [3.8, 4) is 0 Å². The molecule has 0 radical (unpaired) electrons. The second-order valence-corrected chi connectivity index (χ2v) is 6.50. The van der Waals surface area contributed by atoms with E-state index in [2.05, 4.69) is 5.32 Å². The monoisotopic (exact) mass is 473 g/mol. The largest absolute Gasteiger partial charge is 0.438 e. The van der Waals surface area contributed by atoms with Gasteiger partial charge in [0.1, 0.15) is 0 Å². The molecule has 0 bridgehead atoms. The van der Waals surface area contributed by atoms with E-state index in [1.165, 1.54) is 0 Å². The van der Waals surface area contributed by atoms with Crippen LogP contribution in [0.1, 0.15) is 12.8 Å². The molecule has 0 fully saturated rings. The minimum Gasteiger partial charge on any atom is -0.323 e. The van der Waals surface area contributed by atoms with Crippen LogP contribution in [-0.4, -0.2) is 62.2 Å². The number of hydrogen-bond acceptors (Lipinski definition) is 3.